The normalized spacial score (nSPS) is 12.5. The maximum absolute atomic E-state index is 11.8. The van der Waals surface area contributed by atoms with Crippen LogP contribution in [0.3, 0.4) is 0 Å². The highest BCUT2D eigenvalue weighted by molar-refractivity contribution is 5.81. The molecule has 1 aromatic rings. The maximum Gasteiger partial charge on any atom is 0.236 e. The summed E-state index contributed by atoms with van der Waals surface area (Å²) in [5.74, 6) is 0.401. The lowest BCUT2D eigenvalue weighted by atomic mass is 10.0. The third kappa shape index (κ3) is 5.88. The van der Waals surface area contributed by atoms with E-state index < -0.39 is 0 Å². The number of carbonyl (C=O) groups is 1. The van der Waals surface area contributed by atoms with Gasteiger partial charge in [-0.05, 0) is 38.2 Å². The van der Waals surface area contributed by atoms with Gasteiger partial charge in [0, 0.05) is 6.54 Å². The zero-order valence-corrected chi connectivity index (χ0v) is 12.5. The molecule has 1 rings (SSSR count). The second kappa shape index (κ2) is 7.29. The average molecular weight is 262 g/mol. The van der Waals surface area contributed by atoms with Crippen LogP contribution in [0.25, 0.3) is 0 Å². The van der Waals surface area contributed by atoms with Crippen LogP contribution in [0.15, 0.2) is 18.2 Å². The van der Waals surface area contributed by atoms with Crippen molar-refractivity contribution in [3.63, 3.8) is 0 Å². The van der Waals surface area contributed by atoms with E-state index in [0.29, 0.717) is 12.5 Å². The topological polar surface area (TPSA) is 55.1 Å². The van der Waals surface area contributed by atoms with Crippen molar-refractivity contribution in [2.24, 2.45) is 11.7 Å². The van der Waals surface area contributed by atoms with E-state index in [0.717, 1.165) is 12.8 Å². The van der Waals surface area contributed by atoms with Gasteiger partial charge in [0.25, 0.3) is 0 Å². The van der Waals surface area contributed by atoms with E-state index in [9.17, 15) is 4.79 Å². The van der Waals surface area contributed by atoms with Crippen molar-refractivity contribution >= 4 is 5.91 Å². The third-order valence-electron chi connectivity index (χ3n) is 3.06. The number of nitrogens with two attached hydrogens (primary N) is 1. The van der Waals surface area contributed by atoms with Crippen LogP contribution in [0.2, 0.25) is 0 Å². The second-order valence-corrected chi connectivity index (χ2v) is 5.77. The average Bonchev–Trinajstić information content (AvgIpc) is 2.26. The molecule has 0 fully saturated rings. The van der Waals surface area contributed by atoms with E-state index >= 15 is 0 Å². The van der Waals surface area contributed by atoms with Gasteiger partial charge in [-0.25, -0.2) is 0 Å². The molecule has 1 amide bonds. The molecular formula is C16H26N2O. The van der Waals surface area contributed by atoms with Gasteiger partial charge < -0.3 is 11.1 Å². The first kappa shape index (κ1) is 15.7. The molecule has 0 heterocycles. The van der Waals surface area contributed by atoms with Gasteiger partial charge in [-0.1, -0.05) is 43.2 Å². The van der Waals surface area contributed by atoms with Crippen molar-refractivity contribution < 1.29 is 4.79 Å². The molecule has 0 aromatic heterocycles. The van der Waals surface area contributed by atoms with E-state index in [-0.39, 0.29) is 11.9 Å². The van der Waals surface area contributed by atoms with E-state index in [1.54, 1.807) is 0 Å². The summed E-state index contributed by atoms with van der Waals surface area (Å²) in [6.45, 7) is 8.97. The molecule has 106 valence electrons. The number of amides is 1. The Morgan fingerprint density at radius 2 is 1.79 bits per heavy atom. The minimum atomic E-state index is -0.390. The van der Waals surface area contributed by atoms with Crippen molar-refractivity contribution in [1.82, 2.24) is 5.32 Å². The zero-order valence-electron chi connectivity index (χ0n) is 12.5. The molecule has 0 radical (unpaired) electrons. The van der Waals surface area contributed by atoms with E-state index in [2.05, 4.69) is 51.2 Å². The third-order valence-corrected chi connectivity index (χ3v) is 3.06. The molecule has 0 unspecified atom stereocenters. The first-order chi connectivity index (χ1) is 8.88. The number of hydrogen-bond donors (Lipinski definition) is 2. The molecule has 0 aliphatic carbocycles. The van der Waals surface area contributed by atoms with Crippen LogP contribution in [-0.2, 0) is 11.2 Å². The summed E-state index contributed by atoms with van der Waals surface area (Å²) in [5.41, 5.74) is 9.62. The first-order valence-electron chi connectivity index (χ1n) is 6.99. The number of rotatable bonds is 6. The highest BCUT2D eigenvalue weighted by atomic mass is 16.2. The number of aryl methyl sites for hydroxylation is 2. The summed E-state index contributed by atoms with van der Waals surface area (Å²) < 4.78 is 0. The van der Waals surface area contributed by atoms with E-state index in [4.69, 9.17) is 5.73 Å². The molecule has 0 aliphatic heterocycles. The quantitative estimate of drug-likeness (QED) is 0.826. The minimum Gasteiger partial charge on any atom is -0.354 e. The lowest BCUT2D eigenvalue weighted by Gasteiger charge is -2.14. The van der Waals surface area contributed by atoms with Gasteiger partial charge in [0.2, 0.25) is 5.91 Å². The standard InChI is InChI=1S/C16H26N2O/c1-11(2)7-15(17)16(19)18-6-5-14-9-12(3)8-13(4)10-14/h8-11,15H,5-7,17H2,1-4H3,(H,18,19)/t15-/m0/s1. The Bertz CT molecular complexity index is 407. The minimum absolute atomic E-state index is 0.0434. The summed E-state index contributed by atoms with van der Waals surface area (Å²) in [4.78, 5) is 11.8. The fraction of sp³-hybridized carbons (Fsp3) is 0.562. The van der Waals surface area contributed by atoms with Gasteiger partial charge >= 0.3 is 0 Å². The highest BCUT2D eigenvalue weighted by Crippen LogP contribution is 2.09. The Morgan fingerprint density at radius 1 is 1.21 bits per heavy atom. The Kier molecular flexibility index (Phi) is 6.03. The molecule has 19 heavy (non-hydrogen) atoms. The zero-order chi connectivity index (χ0) is 14.4. The highest BCUT2D eigenvalue weighted by Gasteiger charge is 2.13. The summed E-state index contributed by atoms with van der Waals surface area (Å²) in [5, 5.41) is 2.91. The molecule has 3 heteroatoms. The number of nitrogens with one attached hydrogen (secondary N) is 1. The summed E-state index contributed by atoms with van der Waals surface area (Å²) in [6, 6.07) is 6.08. The van der Waals surface area contributed by atoms with Crippen molar-refractivity contribution in [1.29, 1.82) is 0 Å². The molecule has 0 saturated carbocycles. The van der Waals surface area contributed by atoms with E-state index in [1.165, 1.54) is 16.7 Å². The second-order valence-electron chi connectivity index (χ2n) is 5.77. The van der Waals surface area contributed by atoms with Crippen LogP contribution in [-0.4, -0.2) is 18.5 Å². The van der Waals surface area contributed by atoms with Crippen molar-refractivity contribution in [2.75, 3.05) is 6.54 Å². The lowest BCUT2D eigenvalue weighted by molar-refractivity contribution is -0.122. The molecule has 1 atom stereocenters. The Balaban J connectivity index is 2.39. The largest absolute Gasteiger partial charge is 0.354 e. The predicted octanol–water partition coefficient (Wildman–Crippen LogP) is 2.34. The SMILES string of the molecule is Cc1cc(C)cc(CCNC(=O)[C@@H](N)CC(C)C)c1. The van der Waals surface area contributed by atoms with E-state index in [1.807, 2.05) is 0 Å². The van der Waals surface area contributed by atoms with Gasteiger partial charge in [0.1, 0.15) is 0 Å². The van der Waals surface area contributed by atoms with Crippen LogP contribution in [0.1, 0.15) is 37.0 Å². The summed E-state index contributed by atoms with van der Waals surface area (Å²) in [6.07, 6.45) is 1.58. The van der Waals surface area contributed by atoms with Crippen LogP contribution in [0.4, 0.5) is 0 Å². The van der Waals surface area contributed by atoms with Gasteiger partial charge in [0.05, 0.1) is 6.04 Å². The van der Waals surface area contributed by atoms with Crippen molar-refractivity contribution in [2.45, 2.75) is 46.6 Å². The molecule has 3 N–H and O–H groups in total. The van der Waals surface area contributed by atoms with Crippen LogP contribution < -0.4 is 11.1 Å². The van der Waals surface area contributed by atoms with Gasteiger partial charge in [0.15, 0.2) is 0 Å². The Morgan fingerprint density at radius 3 is 2.32 bits per heavy atom. The molecule has 0 spiro atoms. The summed E-state index contributed by atoms with van der Waals surface area (Å²) >= 11 is 0. The fourth-order valence-electron chi connectivity index (χ4n) is 2.29. The Labute approximate surface area is 116 Å². The monoisotopic (exact) mass is 262 g/mol. The van der Waals surface area contributed by atoms with Crippen LogP contribution in [0.5, 0.6) is 0 Å². The van der Waals surface area contributed by atoms with Gasteiger partial charge in [-0.3, -0.25) is 4.79 Å². The molecular weight excluding hydrogens is 236 g/mol. The molecule has 3 nitrogen and oxygen atoms in total. The molecule has 0 aliphatic rings. The molecule has 0 saturated heterocycles. The Hall–Kier alpha value is -1.35. The van der Waals surface area contributed by atoms with Gasteiger partial charge in [-0.2, -0.15) is 0 Å². The van der Waals surface area contributed by atoms with Gasteiger partial charge in [-0.15, -0.1) is 0 Å². The first-order valence-corrected chi connectivity index (χ1v) is 6.99. The van der Waals surface area contributed by atoms with Crippen LogP contribution >= 0.6 is 0 Å². The molecule has 0 bridgehead atoms. The smallest absolute Gasteiger partial charge is 0.236 e. The number of hydrogen-bond acceptors (Lipinski definition) is 2. The number of benzene rings is 1. The molecule has 1 aromatic carbocycles. The maximum atomic E-state index is 11.8. The van der Waals surface area contributed by atoms with Crippen LogP contribution in [0, 0.1) is 19.8 Å². The number of carbonyl (C=O) groups excluding carboxylic acids is 1. The summed E-state index contributed by atoms with van der Waals surface area (Å²) in [7, 11) is 0. The van der Waals surface area contributed by atoms with Crippen molar-refractivity contribution in [3.8, 4) is 0 Å². The lowest BCUT2D eigenvalue weighted by Crippen LogP contribution is -2.42. The predicted molar refractivity (Wildman–Crippen MR) is 80.1 cm³/mol. The van der Waals surface area contributed by atoms with Crippen molar-refractivity contribution in [3.05, 3.63) is 34.9 Å². The fourth-order valence-corrected chi connectivity index (χ4v) is 2.29.